The molecule has 0 spiro atoms. The summed E-state index contributed by atoms with van der Waals surface area (Å²) in [5.41, 5.74) is 0. The van der Waals surface area contributed by atoms with Crippen molar-refractivity contribution in [2.75, 3.05) is 19.7 Å². The van der Waals surface area contributed by atoms with Crippen molar-refractivity contribution in [2.45, 2.75) is 25.4 Å². The van der Waals surface area contributed by atoms with Crippen LogP contribution in [0.25, 0.3) is 0 Å². The molecule has 2 aliphatic rings. The molecule has 2 heterocycles. The lowest BCUT2D eigenvalue weighted by atomic mass is 9.91. The third-order valence-corrected chi connectivity index (χ3v) is 2.55. The molecule has 0 aliphatic carbocycles. The Hall–Kier alpha value is 0.210. The lowest BCUT2D eigenvalue weighted by Crippen LogP contribution is -2.50. The van der Waals surface area contributed by atoms with Crippen LogP contribution in [0, 0.1) is 5.92 Å². The average Bonchev–Trinajstić information content (AvgIpc) is 1.86. The van der Waals surface area contributed by atoms with Gasteiger partial charge in [-0.1, -0.05) is 0 Å². The van der Waals surface area contributed by atoms with Gasteiger partial charge in [0, 0.05) is 25.6 Å². The lowest BCUT2D eigenvalue weighted by molar-refractivity contribution is -0.0345. The van der Waals surface area contributed by atoms with E-state index in [0.717, 1.165) is 12.5 Å². The van der Waals surface area contributed by atoms with E-state index in [1.54, 1.807) is 0 Å². The van der Waals surface area contributed by atoms with Gasteiger partial charge in [0.1, 0.15) is 0 Å². The van der Waals surface area contributed by atoms with Crippen molar-refractivity contribution in [3.8, 4) is 0 Å². The highest BCUT2D eigenvalue weighted by molar-refractivity contribution is 5.85. The van der Waals surface area contributed by atoms with Crippen LogP contribution in [0.2, 0.25) is 0 Å². The first-order valence-corrected chi connectivity index (χ1v) is 4.29. The van der Waals surface area contributed by atoms with E-state index >= 15 is 0 Å². The van der Waals surface area contributed by atoms with E-state index in [9.17, 15) is 0 Å². The summed E-state index contributed by atoms with van der Waals surface area (Å²) in [6, 6.07) is 0. The van der Waals surface area contributed by atoms with Crippen LogP contribution in [0.4, 0.5) is 0 Å². The molecule has 1 atom stereocenters. The molecule has 1 unspecified atom stereocenters. The summed E-state index contributed by atoms with van der Waals surface area (Å²) in [6.07, 6.45) is 4.54. The molecule has 2 nitrogen and oxygen atoms in total. The number of hydrogen-bond donors (Lipinski definition) is 1. The average molecular weight is 178 g/mol. The van der Waals surface area contributed by atoms with E-state index in [-0.39, 0.29) is 12.4 Å². The smallest absolute Gasteiger partial charge is 0.0627 e. The standard InChI is InChI=1S/C8H15NO.ClH/c1-2-4-10-8(3-1)7-5-9-6-7;/h7-9H,1-6H2;1H. The summed E-state index contributed by atoms with van der Waals surface area (Å²) in [5, 5.41) is 3.28. The van der Waals surface area contributed by atoms with Crippen LogP contribution in [0.5, 0.6) is 0 Å². The number of hydrogen-bond acceptors (Lipinski definition) is 2. The maximum atomic E-state index is 5.64. The summed E-state index contributed by atoms with van der Waals surface area (Å²) >= 11 is 0. The van der Waals surface area contributed by atoms with Gasteiger partial charge in [0.2, 0.25) is 0 Å². The normalized spacial score (nSPS) is 32.2. The summed E-state index contributed by atoms with van der Waals surface area (Å²) in [7, 11) is 0. The van der Waals surface area contributed by atoms with Gasteiger partial charge < -0.3 is 10.1 Å². The van der Waals surface area contributed by atoms with Crippen molar-refractivity contribution in [3.63, 3.8) is 0 Å². The van der Waals surface area contributed by atoms with Crippen molar-refractivity contribution in [1.82, 2.24) is 5.32 Å². The molecule has 11 heavy (non-hydrogen) atoms. The molecule has 0 aromatic carbocycles. The lowest BCUT2D eigenvalue weighted by Gasteiger charge is -2.36. The highest BCUT2D eigenvalue weighted by Gasteiger charge is 2.28. The summed E-state index contributed by atoms with van der Waals surface area (Å²) < 4.78 is 5.64. The van der Waals surface area contributed by atoms with Crippen molar-refractivity contribution >= 4 is 12.4 Å². The van der Waals surface area contributed by atoms with E-state index in [2.05, 4.69) is 5.32 Å². The zero-order valence-electron chi connectivity index (χ0n) is 6.71. The Bertz CT molecular complexity index is 111. The number of nitrogens with one attached hydrogen (secondary N) is 1. The van der Waals surface area contributed by atoms with Crippen LogP contribution in [-0.4, -0.2) is 25.8 Å². The molecular formula is C8H16ClNO. The van der Waals surface area contributed by atoms with Gasteiger partial charge in [-0.2, -0.15) is 0 Å². The van der Waals surface area contributed by atoms with Gasteiger partial charge in [-0.15, -0.1) is 12.4 Å². The second-order valence-corrected chi connectivity index (χ2v) is 3.32. The second kappa shape index (κ2) is 4.29. The topological polar surface area (TPSA) is 21.3 Å². The van der Waals surface area contributed by atoms with Gasteiger partial charge in [-0.25, -0.2) is 0 Å². The summed E-state index contributed by atoms with van der Waals surface area (Å²) in [4.78, 5) is 0. The van der Waals surface area contributed by atoms with Crippen LogP contribution in [0.1, 0.15) is 19.3 Å². The van der Waals surface area contributed by atoms with Gasteiger partial charge >= 0.3 is 0 Å². The Morgan fingerprint density at radius 1 is 1.18 bits per heavy atom. The summed E-state index contributed by atoms with van der Waals surface area (Å²) in [6.45, 7) is 3.37. The van der Waals surface area contributed by atoms with Crippen LogP contribution in [-0.2, 0) is 4.74 Å². The Balaban J connectivity index is 0.000000605. The van der Waals surface area contributed by atoms with Crippen LogP contribution < -0.4 is 5.32 Å². The van der Waals surface area contributed by atoms with E-state index in [4.69, 9.17) is 4.74 Å². The Morgan fingerprint density at radius 2 is 2.00 bits per heavy atom. The number of halogens is 1. The van der Waals surface area contributed by atoms with E-state index < -0.39 is 0 Å². The minimum Gasteiger partial charge on any atom is -0.378 e. The molecule has 0 radical (unpaired) electrons. The molecular weight excluding hydrogens is 162 g/mol. The SMILES string of the molecule is C1CCC(C2CNC2)OC1.Cl. The maximum Gasteiger partial charge on any atom is 0.0627 e. The van der Waals surface area contributed by atoms with Gasteiger partial charge in [-0.05, 0) is 19.3 Å². The fourth-order valence-electron chi connectivity index (χ4n) is 1.71. The highest BCUT2D eigenvalue weighted by Crippen LogP contribution is 2.22. The zero-order chi connectivity index (χ0) is 6.81. The predicted octanol–water partition coefficient (Wildman–Crippen LogP) is 1.20. The molecule has 2 fully saturated rings. The molecule has 66 valence electrons. The molecule has 0 saturated carbocycles. The van der Waals surface area contributed by atoms with Gasteiger partial charge in [0.15, 0.2) is 0 Å². The Kier molecular flexibility index (Phi) is 3.63. The van der Waals surface area contributed by atoms with Crippen molar-refractivity contribution < 1.29 is 4.74 Å². The van der Waals surface area contributed by atoms with Crippen molar-refractivity contribution in [2.24, 2.45) is 5.92 Å². The van der Waals surface area contributed by atoms with E-state index in [1.807, 2.05) is 0 Å². The minimum absolute atomic E-state index is 0. The van der Waals surface area contributed by atoms with Crippen molar-refractivity contribution in [3.05, 3.63) is 0 Å². The zero-order valence-corrected chi connectivity index (χ0v) is 7.53. The van der Waals surface area contributed by atoms with E-state index in [0.29, 0.717) is 6.10 Å². The molecule has 0 aromatic rings. The van der Waals surface area contributed by atoms with Gasteiger partial charge in [0.05, 0.1) is 6.10 Å². The highest BCUT2D eigenvalue weighted by atomic mass is 35.5. The van der Waals surface area contributed by atoms with Crippen molar-refractivity contribution in [1.29, 1.82) is 0 Å². The minimum atomic E-state index is 0. The van der Waals surface area contributed by atoms with E-state index in [1.165, 1.54) is 32.4 Å². The number of rotatable bonds is 1. The first kappa shape index (κ1) is 9.30. The van der Waals surface area contributed by atoms with Crippen LogP contribution in [0.3, 0.4) is 0 Å². The molecule has 0 bridgehead atoms. The first-order chi connectivity index (χ1) is 4.97. The largest absolute Gasteiger partial charge is 0.378 e. The fraction of sp³-hybridized carbons (Fsp3) is 1.00. The monoisotopic (exact) mass is 177 g/mol. The maximum absolute atomic E-state index is 5.64. The third-order valence-electron chi connectivity index (χ3n) is 2.55. The molecule has 3 heteroatoms. The Labute approximate surface area is 74.1 Å². The van der Waals surface area contributed by atoms with Gasteiger partial charge in [0.25, 0.3) is 0 Å². The first-order valence-electron chi connectivity index (χ1n) is 4.29. The van der Waals surface area contributed by atoms with Crippen LogP contribution in [0.15, 0.2) is 0 Å². The fourth-order valence-corrected chi connectivity index (χ4v) is 1.71. The van der Waals surface area contributed by atoms with Crippen LogP contribution >= 0.6 is 12.4 Å². The molecule has 2 rings (SSSR count). The van der Waals surface area contributed by atoms with Gasteiger partial charge in [-0.3, -0.25) is 0 Å². The molecule has 2 saturated heterocycles. The third kappa shape index (κ3) is 2.08. The molecule has 0 aromatic heterocycles. The summed E-state index contributed by atoms with van der Waals surface area (Å²) in [5.74, 6) is 0.834. The molecule has 0 amide bonds. The molecule has 1 N–H and O–H groups in total. The second-order valence-electron chi connectivity index (χ2n) is 3.32. The number of ether oxygens (including phenoxy) is 1. The quantitative estimate of drug-likeness (QED) is 0.650. The predicted molar refractivity (Wildman–Crippen MR) is 47.2 cm³/mol. The Morgan fingerprint density at radius 3 is 2.45 bits per heavy atom. The molecule has 2 aliphatic heterocycles.